The van der Waals surface area contributed by atoms with Gasteiger partial charge in [0.1, 0.15) is 5.82 Å². The van der Waals surface area contributed by atoms with Gasteiger partial charge in [-0.3, -0.25) is 9.69 Å². The van der Waals surface area contributed by atoms with Crippen LogP contribution in [0.4, 0.5) is 10.1 Å². The molecule has 1 aliphatic rings. The summed E-state index contributed by atoms with van der Waals surface area (Å²) in [5.74, 6) is 0.800. The van der Waals surface area contributed by atoms with Gasteiger partial charge in [-0.2, -0.15) is 4.98 Å². The Bertz CT molecular complexity index is 874. The van der Waals surface area contributed by atoms with E-state index < -0.39 is 0 Å². The molecule has 1 N–H and O–H groups in total. The second kappa shape index (κ2) is 6.73. The summed E-state index contributed by atoms with van der Waals surface area (Å²) in [5, 5.41) is 8.66. The molecular formula is C17H15FN4O2S. The molecule has 1 amide bonds. The molecule has 1 saturated heterocycles. The van der Waals surface area contributed by atoms with Crippen molar-refractivity contribution in [1.29, 1.82) is 0 Å². The first-order chi connectivity index (χ1) is 12.2. The Balaban J connectivity index is 1.28. The average Bonchev–Trinajstić information content (AvgIpc) is 3.21. The van der Waals surface area contributed by atoms with Crippen LogP contribution in [0.15, 0.2) is 46.3 Å². The molecule has 1 fully saturated rings. The van der Waals surface area contributed by atoms with Gasteiger partial charge in [0.25, 0.3) is 0 Å². The minimum Gasteiger partial charge on any atom is -0.339 e. The Labute approximate surface area is 147 Å². The van der Waals surface area contributed by atoms with E-state index in [9.17, 15) is 9.18 Å². The van der Waals surface area contributed by atoms with Crippen LogP contribution in [0.1, 0.15) is 11.8 Å². The highest BCUT2D eigenvalue weighted by atomic mass is 32.1. The lowest BCUT2D eigenvalue weighted by molar-refractivity contribution is -0.118. The van der Waals surface area contributed by atoms with Gasteiger partial charge in [-0.05, 0) is 29.6 Å². The molecule has 0 bridgehead atoms. The average molecular weight is 358 g/mol. The van der Waals surface area contributed by atoms with Crippen molar-refractivity contribution in [2.75, 3.05) is 25.0 Å². The molecule has 3 heterocycles. The third-order valence-corrected chi connectivity index (χ3v) is 4.83. The topological polar surface area (TPSA) is 71.3 Å². The number of carbonyl (C=O) groups is 1. The van der Waals surface area contributed by atoms with Crippen molar-refractivity contribution >= 4 is 22.9 Å². The Morgan fingerprint density at radius 1 is 1.36 bits per heavy atom. The van der Waals surface area contributed by atoms with E-state index in [2.05, 4.69) is 15.5 Å². The molecule has 8 heteroatoms. The first-order valence-electron chi connectivity index (χ1n) is 7.82. The number of benzene rings is 1. The number of halogens is 1. The fourth-order valence-electron chi connectivity index (χ4n) is 2.73. The van der Waals surface area contributed by atoms with E-state index in [1.807, 2.05) is 22.4 Å². The van der Waals surface area contributed by atoms with E-state index >= 15 is 0 Å². The molecule has 0 saturated carbocycles. The van der Waals surface area contributed by atoms with Crippen LogP contribution in [-0.2, 0) is 4.79 Å². The smallest absolute Gasteiger partial charge is 0.238 e. The molecule has 0 radical (unpaired) electrons. The number of likely N-dealkylation sites (tertiary alicyclic amines) is 1. The normalized spacial score (nSPS) is 15.1. The van der Waals surface area contributed by atoms with Crippen LogP contribution in [0.2, 0.25) is 0 Å². The zero-order chi connectivity index (χ0) is 17.2. The highest BCUT2D eigenvalue weighted by Gasteiger charge is 2.33. The minimum atomic E-state index is -0.375. The van der Waals surface area contributed by atoms with E-state index in [1.54, 1.807) is 23.5 Å². The molecule has 6 nitrogen and oxygen atoms in total. The number of aromatic nitrogens is 2. The van der Waals surface area contributed by atoms with Crippen molar-refractivity contribution in [2.45, 2.75) is 5.92 Å². The van der Waals surface area contributed by atoms with Crippen LogP contribution in [0.25, 0.3) is 10.7 Å². The van der Waals surface area contributed by atoms with Crippen molar-refractivity contribution in [2.24, 2.45) is 0 Å². The zero-order valence-electron chi connectivity index (χ0n) is 13.2. The molecule has 0 spiro atoms. The summed E-state index contributed by atoms with van der Waals surface area (Å²) in [6.45, 7) is 1.62. The number of nitrogens with zero attached hydrogens (tertiary/aromatic N) is 3. The van der Waals surface area contributed by atoms with Crippen LogP contribution in [0, 0.1) is 5.82 Å². The maximum absolute atomic E-state index is 13.1. The lowest BCUT2D eigenvalue weighted by Gasteiger charge is -2.36. The summed E-state index contributed by atoms with van der Waals surface area (Å²) in [5.41, 5.74) is 0.458. The van der Waals surface area contributed by atoms with Crippen LogP contribution in [0.3, 0.4) is 0 Å². The molecule has 3 aromatic rings. The van der Waals surface area contributed by atoms with Crippen molar-refractivity contribution < 1.29 is 13.7 Å². The lowest BCUT2D eigenvalue weighted by Crippen LogP contribution is -2.48. The van der Waals surface area contributed by atoms with E-state index in [4.69, 9.17) is 4.52 Å². The highest BCUT2D eigenvalue weighted by molar-refractivity contribution is 7.13. The Morgan fingerprint density at radius 3 is 3.00 bits per heavy atom. The van der Waals surface area contributed by atoms with E-state index in [0.29, 0.717) is 30.5 Å². The lowest BCUT2D eigenvalue weighted by atomic mass is 10.0. The van der Waals surface area contributed by atoms with Crippen molar-refractivity contribution in [3.05, 3.63) is 53.5 Å². The Kier molecular flexibility index (Phi) is 4.29. The summed E-state index contributed by atoms with van der Waals surface area (Å²) >= 11 is 1.56. The standard InChI is InChI=1S/C17H15FN4O2S/c18-12-3-1-4-13(7-12)19-15(23)10-22-8-11(9-22)17-20-16(21-24-17)14-5-2-6-25-14/h1-7,11H,8-10H2,(H,19,23). The Hall–Kier alpha value is -2.58. The molecule has 0 aliphatic carbocycles. The monoisotopic (exact) mass is 358 g/mol. The van der Waals surface area contributed by atoms with Gasteiger partial charge in [-0.25, -0.2) is 4.39 Å². The van der Waals surface area contributed by atoms with Crippen LogP contribution in [0.5, 0.6) is 0 Å². The number of rotatable bonds is 5. The maximum atomic E-state index is 13.1. The predicted octanol–water partition coefficient (Wildman–Crippen LogP) is 2.98. The predicted molar refractivity (Wildman–Crippen MR) is 91.8 cm³/mol. The van der Waals surface area contributed by atoms with Gasteiger partial charge >= 0.3 is 0 Å². The quantitative estimate of drug-likeness (QED) is 0.759. The molecule has 128 valence electrons. The number of anilines is 1. The molecule has 4 rings (SSSR count). The van der Waals surface area contributed by atoms with Crippen molar-refractivity contribution in [3.8, 4) is 10.7 Å². The zero-order valence-corrected chi connectivity index (χ0v) is 14.0. The molecule has 0 atom stereocenters. The molecule has 1 aromatic carbocycles. The van der Waals surface area contributed by atoms with Crippen molar-refractivity contribution in [3.63, 3.8) is 0 Å². The fraction of sp³-hybridized carbons (Fsp3) is 0.235. The highest BCUT2D eigenvalue weighted by Crippen LogP contribution is 2.28. The minimum absolute atomic E-state index is 0.142. The summed E-state index contributed by atoms with van der Waals surface area (Å²) in [7, 11) is 0. The maximum Gasteiger partial charge on any atom is 0.238 e. The van der Waals surface area contributed by atoms with Gasteiger partial charge in [0.15, 0.2) is 0 Å². The summed E-state index contributed by atoms with van der Waals surface area (Å²) in [4.78, 5) is 19.4. The van der Waals surface area contributed by atoms with Crippen molar-refractivity contribution in [1.82, 2.24) is 15.0 Å². The van der Waals surface area contributed by atoms with E-state index in [1.165, 1.54) is 12.1 Å². The number of carbonyl (C=O) groups excluding carboxylic acids is 1. The third kappa shape index (κ3) is 3.59. The third-order valence-electron chi connectivity index (χ3n) is 3.97. The largest absolute Gasteiger partial charge is 0.339 e. The van der Waals surface area contributed by atoms with Crippen LogP contribution in [-0.4, -0.2) is 40.6 Å². The van der Waals surface area contributed by atoms with Gasteiger partial charge in [0.05, 0.1) is 17.3 Å². The molecular weight excluding hydrogens is 343 g/mol. The summed E-state index contributed by atoms with van der Waals surface area (Å²) < 4.78 is 18.4. The molecule has 2 aromatic heterocycles. The summed E-state index contributed by atoms with van der Waals surface area (Å²) in [6.07, 6.45) is 0. The van der Waals surface area contributed by atoms with Gasteiger partial charge in [-0.1, -0.05) is 17.3 Å². The SMILES string of the molecule is O=C(CN1CC(c2nc(-c3cccs3)no2)C1)Nc1cccc(F)c1. The van der Waals surface area contributed by atoms with Gasteiger partial charge in [-0.15, -0.1) is 11.3 Å². The van der Waals surface area contributed by atoms with E-state index in [-0.39, 0.29) is 24.2 Å². The van der Waals surface area contributed by atoms with E-state index in [0.717, 1.165) is 4.88 Å². The van der Waals surface area contributed by atoms with Gasteiger partial charge < -0.3 is 9.84 Å². The first kappa shape index (κ1) is 15.9. The number of hydrogen-bond donors (Lipinski definition) is 1. The Morgan fingerprint density at radius 2 is 2.24 bits per heavy atom. The number of amides is 1. The number of hydrogen-bond acceptors (Lipinski definition) is 6. The summed E-state index contributed by atoms with van der Waals surface area (Å²) in [6, 6.07) is 9.74. The number of thiophene rings is 1. The van der Waals surface area contributed by atoms with Gasteiger partial charge in [0, 0.05) is 18.8 Å². The molecule has 0 unspecified atom stereocenters. The molecule has 1 aliphatic heterocycles. The van der Waals surface area contributed by atoms with Crippen LogP contribution >= 0.6 is 11.3 Å². The van der Waals surface area contributed by atoms with Crippen LogP contribution < -0.4 is 5.32 Å². The fourth-order valence-corrected chi connectivity index (χ4v) is 3.38. The second-order valence-corrected chi connectivity index (χ2v) is 6.83. The number of nitrogens with one attached hydrogen (secondary N) is 1. The molecule has 25 heavy (non-hydrogen) atoms. The van der Waals surface area contributed by atoms with Gasteiger partial charge in [0.2, 0.25) is 17.6 Å². The first-order valence-corrected chi connectivity index (χ1v) is 8.70. The second-order valence-electron chi connectivity index (χ2n) is 5.88.